The van der Waals surface area contributed by atoms with Crippen LogP contribution in [0.1, 0.15) is 0 Å². The van der Waals surface area contributed by atoms with Crippen molar-refractivity contribution in [1.29, 1.82) is 0 Å². The largest absolute Gasteiger partial charge is 0.456 e. The van der Waals surface area contributed by atoms with Gasteiger partial charge in [0.15, 0.2) is 0 Å². The van der Waals surface area contributed by atoms with Crippen molar-refractivity contribution >= 4 is 65.3 Å². The van der Waals surface area contributed by atoms with Gasteiger partial charge in [-0.2, -0.15) is 0 Å². The van der Waals surface area contributed by atoms with Gasteiger partial charge in [0.05, 0.1) is 16.4 Å². The molecule has 8 aromatic carbocycles. The van der Waals surface area contributed by atoms with Gasteiger partial charge in [0.2, 0.25) is 0 Å². The van der Waals surface area contributed by atoms with Crippen LogP contribution in [0.4, 0.5) is 0 Å². The molecule has 0 spiro atoms. The van der Waals surface area contributed by atoms with E-state index in [1.54, 1.807) is 0 Å². The van der Waals surface area contributed by atoms with Gasteiger partial charge in [-0.3, -0.25) is 0 Å². The number of fused-ring (bicyclic) bond motifs is 11. The Balaban J connectivity index is 1.12. The standard InChI is InChI=1S/C44H25NO/c1-2-9-32-31(8-1)35-13-7-12-34-30(20-21-36(32)42(34)35)28-17-16-27-25-29(19-18-26(27)24-28)45-39-14-5-3-10-33(39)37-22-23-41-43(44(37)45)38-11-4-6-15-40(38)46-41/h1-25H. The Kier molecular flexibility index (Phi) is 4.61. The average Bonchev–Trinajstić information content (AvgIpc) is 3.77. The highest BCUT2D eigenvalue weighted by atomic mass is 16.3. The summed E-state index contributed by atoms with van der Waals surface area (Å²) in [5.74, 6) is 0. The molecule has 1 aliphatic rings. The van der Waals surface area contributed by atoms with E-state index in [2.05, 4.69) is 150 Å². The number of hydrogen-bond donors (Lipinski definition) is 0. The van der Waals surface area contributed by atoms with Gasteiger partial charge in [0.25, 0.3) is 0 Å². The van der Waals surface area contributed by atoms with Gasteiger partial charge in [-0.15, -0.1) is 0 Å². The molecule has 11 rings (SSSR count). The van der Waals surface area contributed by atoms with E-state index in [0.29, 0.717) is 0 Å². The molecule has 212 valence electrons. The fourth-order valence-corrected chi connectivity index (χ4v) is 8.13. The number of aromatic nitrogens is 1. The van der Waals surface area contributed by atoms with E-state index in [0.717, 1.165) is 27.6 Å². The van der Waals surface area contributed by atoms with Gasteiger partial charge >= 0.3 is 0 Å². The van der Waals surface area contributed by atoms with Crippen LogP contribution in [0.25, 0.3) is 104 Å². The molecule has 10 aromatic rings. The Labute approximate surface area is 264 Å². The van der Waals surface area contributed by atoms with Crippen LogP contribution in [0.3, 0.4) is 0 Å². The molecular formula is C44H25NO. The van der Waals surface area contributed by atoms with Crippen LogP contribution < -0.4 is 0 Å². The van der Waals surface area contributed by atoms with Gasteiger partial charge in [-0.05, 0) is 97.4 Å². The van der Waals surface area contributed by atoms with Crippen LogP contribution >= 0.6 is 0 Å². The van der Waals surface area contributed by atoms with E-state index in [-0.39, 0.29) is 0 Å². The quantitative estimate of drug-likeness (QED) is 0.198. The molecular weight excluding hydrogens is 558 g/mol. The summed E-state index contributed by atoms with van der Waals surface area (Å²) in [5, 5.41) is 9.90. The topological polar surface area (TPSA) is 18.1 Å². The minimum absolute atomic E-state index is 0.914. The SMILES string of the molecule is c1ccc2c(c1)-c1cccc3c(-c4ccc5cc(-n6c7ccccc7c7ccc8oc9ccccc9c8c76)ccc5c4)ccc-2c13. The van der Waals surface area contributed by atoms with Crippen LogP contribution in [0.15, 0.2) is 156 Å². The van der Waals surface area contributed by atoms with Crippen molar-refractivity contribution in [3.05, 3.63) is 152 Å². The van der Waals surface area contributed by atoms with E-state index < -0.39 is 0 Å². The van der Waals surface area contributed by atoms with Gasteiger partial charge in [0.1, 0.15) is 11.2 Å². The smallest absolute Gasteiger partial charge is 0.137 e. The first-order valence-electron chi connectivity index (χ1n) is 15.9. The summed E-state index contributed by atoms with van der Waals surface area (Å²) >= 11 is 0. The molecule has 0 saturated carbocycles. The zero-order valence-corrected chi connectivity index (χ0v) is 24.8. The van der Waals surface area contributed by atoms with Crippen LogP contribution in [0.5, 0.6) is 0 Å². The summed E-state index contributed by atoms with van der Waals surface area (Å²) in [6, 6.07) is 55.3. The number of nitrogens with zero attached hydrogens (tertiary/aromatic N) is 1. The molecule has 0 amide bonds. The number of rotatable bonds is 2. The van der Waals surface area contributed by atoms with Crippen molar-refractivity contribution < 1.29 is 4.42 Å². The van der Waals surface area contributed by atoms with E-state index in [1.807, 2.05) is 6.07 Å². The summed E-state index contributed by atoms with van der Waals surface area (Å²) in [6.45, 7) is 0. The van der Waals surface area contributed by atoms with Gasteiger partial charge in [0, 0.05) is 21.8 Å². The Hall–Kier alpha value is -6.12. The Morgan fingerprint density at radius 1 is 0.391 bits per heavy atom. The van der Waals surface area contributed by atoms with E-state index in [1.165, 1.54) is 76.7 Å². The molecule has 2 nitrogen and oxygen atoms in total. The maximum atomic E-state index is 6.33. The first-order valence-corrected chi connectivity index (χ1v) is 15.9. The van der Waals surface area contributed by atoms with Crippen molar-refractivity contribution in [2.45, 2.75) is 0 Å². The first-order chi connectivity index (χ1) is 22.8. The monoisotopic (exact) mass is 583 g/mol. The molecule has 2 aromatic heterocycles. The number of furan rings is 1. The first kappa shape index (κ1) is 24.2. The molecule has 0 bridgehead atoms. The normalized spacial score (nSPS) is 12.3. The highest BCUT2D eigenvalue weighted by Gasteiger charge is 2.23. The third-order valence-corrected chi connectivity index (χ3v) is 10.1. The molecule has 0 fully saturated rings. The molecule has 0 unspecified atom stereocenters. The molecule has 0 aliphatic heterocycles. The fraction of sp³-hybridized carbons (Fsp3) is 0. The molecule has 0 N–H and O–H groups in total. The van der Waals surface area contributed by atoms with Crippen LogP contribution in [-0.4, -0.2) is 4.57 Å². The second-order valence-corrected chi connectivity index (χ2v) is 12.5. The highest BCUT2D eigenvalue weighted by molar-refractivity contribution is 6.24. The lowest BCUT2D eigenvalue weighted by Gasteiger charge is -2.13. The maximum Gasteiger partial charge on any atom is 0.137 e. The Morgan fingerprint density at radius 3 is 2.00 bits per heavy atom. The molecule has 1 aliphatic carbocycles. The lowest BCUT2D eigenvalue weighted by molar-refractivity contribution is 0.669. The predicted molar refractivity (Wildman–Crippen MR) is 193 cm³/mol. The van der Waals surface area contributed by atoms with Crippen molar-refractivity contribution in [2.75, 3.05) is 0 Å². The van der Waals surface area contributed by atoms with Crippen molar-refractivity contribution in [1.82, 2.24) is 4.57 Å². The minimum Gasteiger partial charge on any atom is -0.456 e. The number of hydrogen-bond acceptors (Lipinski definition) is 1. The predicted octanol–water partition coefficient (Wildman–Crippen LogP) is 12.3. The Morgan fingerprint density at radius 2 is 1.09 bits per heavy atom. The lowest BCUT2D eigenvalue weighted by Crippen LogP contribution is -1.94. The lowest BCUT2D eigenvalue weighted by atomic mass is 9.93. The van der Waals surface area contributed by atoms with Gasteiger partial charge in [-0.1, -0.05) is 109 Å². The van der Waals surface area contributed by atoms with Crippen molar-refractivity contribution in [2.24, 2.45) is 0 Å². The van der Waals surface area contributed by atoms with Gasteiger partial charge < -0.3 is 8.98 Å². The second kappa shape index (κ2) is 8.74. The number of para-hydroxylation sites is 2. The van der Waals surface area contributed by atoms with E-state index in [4.69, 9.17) is 4.42 Å². The van der Waals surface area contributed by atoms with Crippen LogP contribution in [0.2, 0.25) is 0 Å². The average molecular weight is 584 g/mol. The molecule has 2 heteroatoms. The summed E-state index contributed by atoms with van der Waals surface area (Å²) in [7, 11) is 0. The second-order valence-electron chi connectivity index (χ2n) is 12.5. The third-order valence-electron chi connectivity index (χ3n) is 10.1. The summed E-state index contributed by atoms with van der Waals surface area (Å²) in [6.07, 6.45) is 0. The summed E-state index contributed by atoms with van der Waals surface area (Å²) in [5.41, 5.74) is 13.2. The maximum absolute atomic E-state index is 6.33. The van der Waals surface area contributed by atoms with Crippen LogP contribution in [0, 0.1) is 0 Å². The van der Waals surface area contributed by atoms with E-state index >= 15 is 0 Å². The summed E-state index contributed by atoms with van der Waals surface area (Å²) < 4.78 is 8.75. The highest BCUT2D eigenvalue weighted by Crippen LogP contribution is 2.49. The molecule has 0 radical (unpaired) electrons. The molecule has 0 atom stereocenters. The number of benzene rings is 8. The minimum atomic E-state index is 0.914. The molecule has 0 saturated heterocycles. The Bertz CT molecular complexity index is 2890. The van der Waals surface area contributed by atoms with Crippen molar-refractivity contribution in [3.63, 3.8) is 0 Å². The zero-order valence-electron chi connectivity index (χ0n) is 24.8. The fourth-order valence-electron chi connectivity index (χ4n) is 8.13. The molecule has 46 heavy (non-hydrogen) atoms. The van der Waals surface area contributed by atoms with Crippen molar-refractivity contribution in [3.8, 4) is 39.1 Å². The molecule has 2 heterocycles. The van der Waals surface area contributed by atoms with Gasteiger partial charge in [-0.25, -0.2) is 0 Å². The zero-order chi connectivity index (χ0) is 29.9. The van der Waals surface area contributed by atoms with E-state index in [9.17, 15) is 0 Å². The summed E-state index contributed by atoms with van der Waals surface area (Å²) in [4.78, 5) is 0. The third kappa shape index (κ3) is 3.10. The van der Waals surface area contributed by atoms with Crippen LogP contribution in [-0.2, 0) is 0 Å².